The van der Waals surface area contributed by atoms with Crippen molar-refractivity contribution >= 4 is 29.3 Å². The molecule has 1 aromatic heterocycles. The van der Waals surface area contributed by atoms with Gasteiger partial charge in [0, 0.05) is 17.6 Å². The first kappa shape index (κ1) is 19.5. The smallest absolute Gasteiger partial charge is 0.230 e. The van der Waals surface area contributed by atoms with Gasteiger partial charge in [-0.25, -0.2) is 0 Å². The molecule has 0 atom stereocenters. The van der Waals surface area contributed by atoms with Crippen molar-refractivity contribution in [2.75, 3.05) is 12.8 Å². The van der Waals surface area contributed by atoms with Crippen molar-refractivity contribution < 1.29 is 4.79 Å². The van der Waals surface area contributed by atoms with Gasteiger partial charge in [0.15, 0.2) is 11.0 Å². The number of halogens is 1. The van der Waals surface area contributed by atoms with E-state index in [0.717, 1.165) is 17.1 Å². The van der Waals surface area contributed by atoms with Gasteiger partial charge in [-0.1, -0.05) is 55.4 Å². The molecule has 1 N–H and O–H groups in total. The maximum absolute atomic E-state index is 11.7. The standard InChI is InChI=1S/C20H21ClN4OS/c1-13(2)16-6-4-5-7-17(16)25-19(14-8-10-15(21)11-9-14)23-24-20(25)27-12-18(26)22-3/h4-11,13H,12H2,1-3H3,(H,22,26). The molecule has 3 aromatic rings. The molecule has 0 aliphatic carbocycles. The quantitative estimate of drug-likeness (QED) is 0.616. The summed E-state index contributed by atoms with van der Waals surface area (Å²) in [5, 5.41) is 12.8. The van der Waals surface area contributed by atoms with Crippen molar-refractivity contribution in [1.82, 2.24) is 20.1 Å². The lowest BCUT2D eigenvalue weighted by molar-refractivity contribution is -0.118. The molecule has 1 heterocycles. The molecule has 0 saturated carbocycles. The normalized spacial score (nSPS) is 11.0. The van der Waals surface area contributed by atoms with Gasteiger partial charge in [0.05, 0.1) is 11.4 Å². The van der Waals surface area contributed by atoms with Crippen LogP contribution in [-0.4, -0.2) is 33.5 Å². The number of nitrogens with one attached hydrogen (secondary N) is 1. The lowest BCUT2D eigenvalue weighted by atomic mass is 10.0. The fraction of sp³-hybridized carbons (Fsp3) is 0.250. The van der Waals surface area contributed by atoms with Crippen molar-refractivity contribution in [3.63, 3.8) is 0 Å². The molecule has 0 unspecified atom stereocenters. The number of carbonyl (C=O) groups excluding carboxylic acids is 1. The Morgan fingerprint density at radius 3 is 2.52 bits per heavy atom. The third-order valence-electron chi connectivity index (χ3n) is 4.15. The molecular formula is C20H21ClN4OS. The summed E-state index contributed by atoms with van der Waals surface area (Å²) < 4.78 is 2.02. The Labute approximate surface area is 168 Å². The van der Waals surface area contributed by atoms with Crippen molar-refractivity contribution in [2.45, 2.75) is 24.9 Å². The Balaban J connectivity index is 2.14. The van der Waals surface area contributed by atoms with Crippen LogP contribution < -0.4 is 5.32 Å². The van der Waals surface area contributed by atoms with Gasteiger partial charge >= 0.3 is 0 Å². The van der Waals surface area contributed by atoms with Crippen LogP contribution in [0.4, 0.5) is 0 Å². The third-order valence-corrected chi connectivity index (χ3v) is 5.33. The van der Waals surface area contributed by atoms with Crippen molar-refractivity contribution in [3.8, 4) is 17.1 Å². The molecule has 0 aliphatic rings. The van der Waals surface area contributed by atoms with Crippen molar-refractivity contribution in [2.24, 2.45) is 0 Å². The third kappa shape index (κ3) is 4.34. The SMILES string of the molecule is CNC(=O)CSc1nnc(-c2ccc(Cl)cc2)n1-c1ccccc1C(C)C. The van der Waals surface area contributed by atoms with E-state index in [1.165, 1.54) is 17.3 Å². The maximum Gasteiger partial charge on any atom is 0.230 e. The van der Waals surface area contributed by atoms with E-state index in [0.29, 0.717) is 16.1 Å². The molecule has 140 valence electrons. The zero-order valence-corrected chi connectivity index (χ0v) is 17.0. The van der Waals surface area contributed by atoms with Gasteiger partial charge in [-0.15, -0.1) is 10.2 Å². The van der Waals surface area contributed by atoms with E-state index in [1.807, 2.05) is 41.0 Å². The van der Waals surface area contributed by atoms with Crippen LogP contribution >= 0.6 is 23.4 Å². The Hall–Kier alpha value is -2.31. The molecular weight excluding hydrogens is 380 g/mol. The predicted molar refractivity (Wildman–Crippen MR) is 111 cm³/mol. The molecule has 0 bridgehead atoms. The maximum atomic E-state index is 11.7. The molecule has 2 aromatic carbocycles. The molecule has 0 spiro atoms. The van der Waals surface area contributed by atoms with Crippen molar-refractivity contribution in [1.29, 1.82) is 0 Å². The predicted octanol–water partition coefficient (Wildman–Crippen LogP) is 4.55. The Morgan fingerprint density at radius 2 is 1.85 bits per heavy atom. The molecule has 7 heteroatoms. The molecule has 0 radical (unpaired) electrons. The molecule has 0 aliphatic heterocycles. The highest BCUT2D eigenvalue weighted by molar-refractivity contribution is 7.99. The largest absolute Gasteiger partial charge is 0.358 e. The second kappa shape index (κ2) is 8.59. The highest BCUT2D eigenvalue weighted by Crippen LogP contribution is 2.32. The van der Waals surface area contributed by atoms with E-state index in [4.69, 9.17) is 11.6 Å². The summed E-state index contributed by atoms with van der Waals surface area (Å²) in [7, 11) is 1.63. The highest BCUT2D eigenvalue weighted by atomic mass is 35.5. The first-order valence-corrected chi connectivity index (χ1v) is 10.0. The van der Waals surface area contributed by atoms with Crippen LogP contribution in [0.2, 0.25) is 5.02 Å². The van der Waals surface area contributed by atoms with Gasteiger partial charge in [0.2, 0.25) is 5.91 Å². The van der Waals surface area contributed by atoms with E-state index >= 15 is 0 Å². The van der Waals surface area contributed by atoms with Crippen molar-refractivity contribution in [3.05, 3.63) is 59.1 Å². The number of aromatic nitrogens is 3. The highest BCUT2D eigenvalue weighted by Gasteiger charge is 2.20. The Morgan fingerprint density at radius 1 is 1.15 bits per heavy atom. The summed E-state index contributed by atoms with van der Waals surface area (Å²) in [5.41, 5.74) is 3.12. The van der Waals surface area contributed by atoms with E-state index in [9.17, 15) is 4.79 Å². The van der Waals surface area contributed by atoms with E-state index in [2.05, 4.69) is 41.5 Å². The lowest BCUT2D eigenvalue weighted by Gasteiger charge is -2.17. The lowest BCUT2D eigenvalue weighted by Crippen LogP contribution is -2.20. The molecule has 1 amide bonds. The van der Waals surface area contributed by atoms with Crippen LogP contribution in [0, 0.1) is 0 Å². The van der Waals surface area contributed by atoms with E-state index < -0.39 is 0 Å². The number of hydrogen-bond acceptors (Lipinski definition) is 4. The molecule has 3 rings (SSSR count). The van der Waals surface area contributed by atoms with E-state index in [-0.39, 0.29) is 11.7 Å². The molecule has 0 saturated heterocycles. The average molecular weight is 401 g/mol. The molecule has 5 nitrogen and oxygen atoms in total. The van der Waals surface area contributed by atoms with E-state index in [1.54, 1.807) is 7.05 Å². The minimum absolute atomic E-state index is 0.0558. The van der Waals surface area contributed by atoms with Crippen LogP contribution in [0.1, 0.15) is 25.3 Å². The van der Waals surface area contributed by atoms with Gasteiger partial charge in [-0.3, -0.25) is 9.36 Å². The van der Waals surface area contributed by atoms with Gasteiger partial charge in [0.1, 0.15) is 0 Å². The monoisotopic (exact) mass is 400 g/mol. The van der Waals surface area contributed by atoms with Gasteiger partial charge in [-0.2, -0.15) is 0 Å². The zero-order chi connectivity index (χ0) is 19.4. The van der Waals surface area contributed by atoms with Gasteiger partial charge in [-0.05, 0) is 41.8 Å². The number of benzene rings is 2. The fourth-order valence-corrected chi connectivity index (χ4v) is 3.69. The van der Waals surface area contributed by atoms with Crippen LogP contribution in [0.3, 0.4) is 0 Å². The summed E-state index contributed by atoms with van der Waals surface area (Å²) in [5.74, 6) is 1.27. The van der Waals surface area contributed by atoms with Gasteiger partial charge < -0.3 is 5.32 Å². The Bertz CT molecular complexity index is 937. The summed E-state index contributed by atoms with van der Waals surface area (Å²) in [6.45, 7) is 4.31. The number of para-hydroxylation sites is 1. The average Bonchev–Trinajstić information content (AvgIpc) is 3.10. The number of thioether (sulfide) groups is 1. The first-order chi connectivity index (χ1) is 13.0. The zero-order valence-electron chi connectivity index (χ0n) is 15.4. The van der Waals surface area contributed by atoms with Crippen LogP contribution in [0.15, 0.2) is 53.7 Å². The van der Waals surface area contributed by atoms with Crippen LogP contribution in [0.5, 0.6) is 0 Å². The topological polar surface area (TPSA) is 59.8 Å². The van der Waals surface area contributed by atoms with Crippen LogP contribution in [-0.2, 0) is 4.79 Å². The second-order valence-electron chi connectivity index (χ2n) is 6.32. The second-order valence-corrected chi connectivity index (χ2v) is 7.70. The summed E-state index contributed by atoms with van der Waals surface area (Å²) >= 11 is 7.40. The number of nitrogens with zero attached hydrogens (tertiary/aromatic N) is 3. The minimum Gasteiger partial charge on any atom is -0.358 e. The number of amides is 1. The number of rotatable bonds is 6. The Kier molecular flexibility index (Phi) is 6.19. The van der Waals surface area contributed by atoms with Crippen LogP contribution in [0.25, 0.3) is 17.1 Å². The molecule has 27 heavy (non-hydrogen) atoms. The minimum atomic E-state index is -0.0558. The molecule has 0 fully saturated rings. The summed E-state index contributed by atoms with van der Waals surface area (Å²) in [6.07, 6.45) is 0. The fourth-order valence-electron chi connectivity index (χ4n) is 2.75. The van der Waals surface area contributed by atoms with Gasteiger partial charge in [0.25, 0.3) is 0 Å². The number of carbonyl (C=O) groups is 1. The number of hydrogen-bond donors (Lipinski definition) is 1. The summed E-state index contributed by atoms with van der Waals surface area (Å²) in [6, 6.07) is 15.7. The first-order valence-electron chi connectivity index (χ1n) is 8.65. The summed E-state index contributed by atoms with van der Waals surface area (Å²) in [4.78, 5) is 11.7.